The monoisotopic (exact) mass is 333 g/mol. The molecule has 0 saturated heterocycles. The topological polar surface area (TPSA) is 30.5 Å². The lowest BCUT2D eigenvalue weighted by Crippen LogP contribution is -2.03. The van der Waals surface area contributed by atoms with Crippen LogP contribution in [0, 0.1) is 0 Å². The Morgan fingerprint density at radius 3 is 2.44 bits per heavy atom. The van der Waals surface area contributed by atoms with Crippen LogP contribution in [0.1, 0.15) is 18.1 Å². The van der Waals surface area contributed by atoms with Crippen molar-refractivity contribution in [1.29, 1.82) is 0 Å². The Balaban J connectivity index is 1.60. The van der Waals surface area contributed by atoms with E-state index in [-0.39, 0.29) is 0 Å². The average Bonchev–Trinajstić information content (AvgIpc) is 2.67. The lowest BCUT2D eigenvalue weighted by atomic mass is 10.2. The molecule has 1 N–H and O–H groups in total. The number of benzene rings is 3. The van der Waals surface area contributed by atoms with Gasteiger partial charge in [-0.1, -0.05) is 54.6 Å². The molecule has 0 aliphatic heterocycles. The van der Waals surface area contributed by atoms with Gasteiger partial charge in [0.05, 0.1) is 6.61 Å². The molecule has 3 nitrogen and oxygen atoms in total. The number of nitrogens with one attached hydrogen (secondary N) is 1. The molecule has 0 aromatic heterocycles. The summed E-state index contributed by atoms with van der Waals surface area (Å²) in [5.41, 5.74) is 3.32. The van der Waals surface area contributed by atoms with Gasteiger partial charge in [0.25, 0.3) is 0 Å². The highest BCUT2D eigenvalue weighted by Gasteiger charge is 2.03. The molecule has 0 heterocycles. The first-order valence-electron chi connectivity index (χ1n) is 8.56. The molecule has 3 aromatic rings. The summed E-state index contributed by atoms with van der Waals surface area (Å²) in [4.78, 5) is 0. The predicted molar refractivity (Wildman–Crippen MR) is 102 cm³/mol. The Hall–Kier alpha value is -2.94. The minimum atomic E-state index is 0.567. The Morgan fingerprint density at radius 2 is 1.60 bits per heavy atom. The SMILES string of the molecule is CCOc1ccccc1CNc1cccc(OCc2ccccc2)c1. The van der Waals surface area contributed by atoms with E-state index in [4.69, 9.17) is 9.47 Å². The molecule has 3 aromatic carbocycles. The van der Waals surface area contributed by atoms with Gasteiger partial charge in [-0.2, -0.15) is 0 Å². The van der Waals surface area contributed by atoms with Crippen molar-refractivity contribution in [2.45, 2.75) is 20.1 Å². The molecule has 25 heavy (non-hydrogen) atoms. The lowest BCUT2D eigenvalue weighted by molar-refractivity contribution is 0.306. The Kier molecular flexibility index (Phi) is 5.94. The quantitative estimate of drug-likeness (QED) is 0.608. The first-order valence-corrected chi connectivity index (χ1v) is 8.56. The van der Waals surface area contributed by atoms with Gasteiger partial charge in [-0.05, 0) is 30.7 Å². The van der Waals surface area contributed by atoms with Crippen LogP contribution in [0.4, 0.5) is 5.69 Å². The maximum absolute atomic E-state index is 5.88. The van der Waals surface area contributed by atoms with Gasteiger partial charge in [0.15, 0.2) is 0 Å². The second-order valence-electron chi connectivity index (χ2n) is 5.70. The van der Waals surface area contributed by atoms with Crippen molar-refractivity contribution in [1.82, 2.24) is 0 Å². The summed E-state index contributed by atoms with van der Waals surface area (Å²) in [5.74, 6) is 1.78. The number of ether oxygens (including phenoxy) is 2. The second kappa shape index (κ2) is 8.78. The Bertz CT molecular complexity index is 787. The van der Waals surface area contributed by atoms with Crippen LogP contribution in [0.15, 0.2) is 78.9 Å². The van der Waals surface area contributed by atoms with Gasteiger partial charge in [0, 0.05) is 23.9 Å². The fraction of sp³-hybridized carbons (Fsp3) is 0.182. The molecule has 0 aliphatic rings. The van der Waals surface area contributed by atoms with Gasteiger partial charge in [-0.3, -0.25) is 0 Å². The van der Waals surface area contributed by atoms with Crippen molar-refractivity contribution in [3.05, 3.63) is 90.0 Å². The van der Waals surface area contributed by atoms with Gasteiger partial charge in [0.2, 0.25) is 0 Å². The maximum atomic E-state index is 5.88. The normalized spacial score (nSPS) is 10.3. The summed E-state index contributed by atoms with van der Waals surface area (Å²) < 4.78 is 11.6. The van der Waals surface area contributed by atoms with Crippen molar-refractivity contribution in [3.63, 3.8) is 0 Å². The van der Waals surface area contributed by atoms with Crippen LogP contribution < -0.4 is 14.8 Å². The van der Waals surface area contributed by atoms with E-state index in [1.807, 2.05) is 67.6 Å². The molecule has 0 fully saturated rings. The molecule has 0 atom stereocenters. The lowest BCUT2D eigenvalue weighted by Gasteiger charge is -2.13. The molecule has 0 saturated carbocycles. The average molecular weight is 333 g/mol. The highest BCUT2D eigenvalue weighted by molar-refractivity contribution is 5.49. The smallest absolute Gasteiger partial charge is 0.124 e. The summed E-state index contributed by atoms with van der Waals surface area (Å²) in [5, 5.41) is 3.44. The van der Waals surface area contributed by atoms with Crippen LogP contribution in [0.2, 0.25) is 0 Å². The largest absolute Gasteiger partial charge is 0.494 e. The first kappa shape index (κ1) is 16.9. The first-order chi connectivity index (χ1) is 12.3. The van der Waals surface area contributed by atoms with Crippen molar-refractivity contribution in [2.75, 3.05) is 11.9 Å². The zero-order valence-electron chi connectivity index (χ0n) is 14.4. The highest BCUT2D eigenvalue weighted by atomic mass is 16.5. The van der Waals surface area contributed by atoms with Crippen LogP contribution in [0.25, 0.3) is 0 Å². The molecule has 0 bridgehead atoms. The molecule has 0 aliphatic carbocycles. The van der Waals surface area contributed by atoms with Crippen molar-refractivity contribution < 1.29 is 9.47 Å². The van der Waals surface area contributed by atoms with E-state index in [1.165, 1.54) is 0 Å². The highest BCUT2D eigenvalue weighted by Crippen LogP contribution is 2.22. The minimum absolute atomic E-state index is 0.567. The summed E-state index contributed by atoms with van der Waals surface area (Å²) in [6, 6.07) is 26.3. The zero-order chi connectivity index (χ0) is 17.3. The molecule has 3 rings (SSSR count). The fourth-order valence-corrected chi connectivity index (χ4v) is 2.58. The van der Waals surface area contributed by atoms with Crippen LogP contribution in [0.3, 0.4) is 0 Å². The van der Waals surface area contributed by atoms with Crippen molar-refractivity contribution in [2.24, 2.45) is 0 Å². The van der Waals surface area contributed by atoms with Crippen LogP contribution in [-0.2, 0) is 13.2 Å². The van der Waals surface area contributed by atoms with E-state index in [9.17, 15) is 0 Å². The number of rotatable bonds is 8. The van der Waals surface area contributed by atoms with Crippen LogP contribution in [0.5, 0.6) is 11.5 Å². The van der Waals surface area contributed by atoms with Gasteiger partial charge in [0.1, 0.15) is 18.1 Å². The molecule has 0 radical (unpaired) electrons. The van der Waals surface area contributed by atoms with Gasteiger partial charge in [-0.25, -0.2) is 0 Å². The van der Waals surface area contributed by atoms with E-state index in [0.717, 1.165) is 28.3 Å². The zero-order valence-corrected chi connectivity index (χ0v) is 14.4. The molecule has 0 amide bonds. The maximum Gasteiger partial charge on any atom is 0.124 e. The van der Waals surface area contributed by atoms with Crippen LogP contribution >= 0.6 is 0 Å². The third kappa shape index (κ3) is 5.01. The Morgan fingerprint density at radius 1 is 0.800 bits per heavy atom. The standard InChI is InChI=1S/C22H23NO2/c1-2-24-22-14-7-6-11-19(22)16-23-20-12-8-13-21(15-20)25-17-18-9-4-3-5-10-18/h3-15,23H,2,16-17H2,1H3. The molecule has 128 valence electrons. The third-order valence-corrected chi connectivity index (χ3v) is 3.84. The number of hydrogen-bond donors (Lipinski definition) is 1. The number of hydrogen-bond acceptors (Lipinski definition) is 3. The summed E-state index contributed by atoms with van der Waals surface area (Å²) in [7, 11) is 0. The number of para-hydroxylation sites is 1. The molecular weight excluding hydrogens is 310 g/mol. The van der Waals surface area contributed by atoms with Crippen molar-refractivity contribution in [3.8, 4) is 11.5 Å². The predicted octanol–water partition coefficient (Wildman–Crippen LogP) is 5.28. The van der Waals surface area contributed by atoms with E-state index < -0.39 is 0 Å². The van der Waals surface area contributed by atoms with Crippen molar-refractivity contribution >= 4 is 5.69 Å². The second-order valence-corrected chi connectivity index (χ2v) is 5.70. The van der Waals surface area contributed by atoms with Gasteiger partial charge >= 0.3 is 0 Å². The third-order valence-electron chi connectivity index (χ3n) is 3.84. The fourth-order valence-electron chi connectivity index (χ4n) is 2.58. The van der Waals surface area contributed by atoms with E-state index in [1.54, 1.807) is 0 Å². The molecule has 0 spiro atoms. The van der Waals surface area contributed by atoms with Gasteiger partial charge < -0.3 is 14.8 Å². The molecular formula is C22H23NO2. The number of anilines is 1. The summed E-state index contributed by atoms with van der Waals surface area (Å²) in [6.07, 6.45) is 0. The summed E-state index contributed by atoms with van der Waals surface area (Å²) >= 11 is 0. The minimum Gasteiger partial charge on any atom is -0.494 e. The summed E-state index contributed by atoms with van der Waals surface area (Å²) in [6.45, 7) is 3.94. The molecule has 0 unspecified atom stereocenters. The Labute approximate surface area is 149 Å². The van der Waals surface area contributed by atoms with E-state index in [0.29, 0.717) is 19.8 Å². The van der Waals surface area contributed by atoms with E-state index >= 15 is 0 Å². The van der Waals surface area contributed by atoms with E-state index in [2.05, 4.69) is 23.5 Å². The van der Waals surface area contributed by atoms with Gasteiger partial charge in [-0.15, -0.1) is 0 Å². The van der Waals surface area contributed by atoms with Crippen LogP contribution in [-0.4, -0.2) is 6.61 Å². The molecule has 3 heteroatoms.